The Balaban J connectivity index is 1.41. The number of nitro groups is 1. The number of imidazole rings is 1. The first-order valence-electron chi connectivity index (χ1n) is 11.1. The molecule has 0 saturated heterocycles. The van der Waals surface area contributed by atoms with Gasteiger partial charge in [0.25, 0.3) is 0 Å². The molecule has 16 heteroatoms. The fourth-order valence-electron chi connectivity index (χ4n) is 3.50. The van der Waals surface area contributed by atoms with Crippen molar-refractivity contribution in [3.8, 4) is 0 Å². The SMILES string of the molecule is Cc1nc([N+](=O)[O-])c(CNC/C=C/C(=O)Nc2cc3c(Nc4ccc(F)c(C(F)(F)F)c4)ncnc3cn2)[nH]1. The Morgan fingerprint density at radius 3 is 2.74 bits per heavy atom. The van der Waals surface area contributed by atoms with Gasteiger partial charge in [-0.15, -0.1) is 0 Å². The number of carbonyl (C=O) groups excluding carboxylic acids is 1. The predicted molar refractivity (Wildman–Crippen MR) is 131 cm³/mol. The largest absolute Gasteiger partial charge is 0.419 e. The van der Waals surface area contributed by atoms with Crippen LogP contribution < -0.4 is 16.0 Å². The van der Waals surface area contributed by atoms with Gasteiger partial charge in [0.2, 0.25) is 11.7 Å². The van der Waals surface area contributed by atoms with Crippen LogP contribution in [0.3, 0.4) is 0 Å². The highest BCUT2D eigenvalue weighted by Crippen LogP contribution is 2.34. The molecule has 0 fully saturated rings. The Bertz CT molecular complexity index is 1570. The lowest BCUT2D eigenvalue weighted by Crippen LogP contribution is -2.15. The number of nitrogens with one attached hydrogen (secondary N) is 4. The summed E-state index contributed by atoms with van der Waals surface area (Å²) in [6, 6.07) is 3.88. The Hall–Kier alpha value is -4.99. The van der Waals surface area contributed by atoms with Crippen molar-refractivity contribution in [2.45, 2.75) is 19.6 Å². The Labute approximate surface area is 216 Å². The number of aromatic nitrogens is 5. The number of amides is 1. The van der Waals surface area contributed by atoms with Crippen molar-refractivity contribution in [1.29, 1.82) is 0 Å². The summed E-state index contributed by atoms with van der Waals surface area (Å²) in [6.07, 6.45) is 0.357. The number of aryl methyl sites for hydroxylation is 1. The zero-order chi connectivity index (χ0) is 28.2. The fourth-order valence-corrected chi connectivity index (χ4v) is 3.50. The molecule has 0 atom stereocenters. The molecule has 39 heavy (non-hydrogen) atoms. The summed E-state index contributed by atoms with van der Waals surface area (Å²) in [5.74, 6) is -1.59. The minimum Gasteiger partial charge on any atom is -0.358 e. The quantitative estimate of drug-likeness (QED) is 0.0795. The first-order valence-corrected chi connectivity index (χ1v) is 11.1. The molecule has 3 heterocycles. The van der Waals surface area contributed by atoms with Gasteiger partial charge in [0.1, 0.15) is 29.5 Å². The van der Waals surface area contributed by atoms with E-state index in [1.54, 1.807) is 6.92 Å². The number of anilines is 3. The second kappa shape index (κ2) is 11.2. The number of aromatic amines is 1. The van der Waals surface area contributed by atoms with Gasteiger partial charge in [0, 0.05) is 37.2 Å². The van der Waals surface area contributed by atoms with Crippen LogP contribution >= 0.6 is 0 Å². The maximum atomic E-state index is 13.6. The van der Waals surface area contributed by atoms with Crippen LogP contribution in [0.15, 0.2) is 48.9 Å². The van der Waals surface area contributed by atoms with E-state index in [-0.39, 0.29) is 36.2 Å². The molecule has 12 nitrogen and oxygen atoms in total. The monoisotopic (exact) mass is 545 g/mol. The van der Waals surface area contributed by atoms with Gasteiger partial charge in [-0.05, 0) is 34.2 Å². The third kappa shape index (κ3) is 6.67. The number of hydrogen-bond donors (Lipinski definition) is 4. The fraction of sp³-hybridized carbons (Fsp3) is 0.174. The molecule has 0 unspecified atom stereocenters. The minimum absolute atomic E-state index is 0.0582. The van der Waals surface area contributed by atoms with Crippen LogP contribution in [0.5, 0.6) is 0 Å². The number of nitrogens with zero attached hydrogens (tertiary/aromatic N) is 5. The van der Waals surface area contributed by atoms with Crippen molar-refractivity contribution in [2.75, 3.05) is 17.2 Å². The highest BCUT2D eigenvalue weighted by atomic mass is 19.4. The van der Waals surface area contributed by atoms with Gasteiger partial charge in [-0.3, -0.25) is 4.79 Å². The van der Waals surface area contributed by atoms with Crippen molar-refractivity contribution in [1.82, 2.24) is 30.2 Å². The molecule has 4 N–H and O–H groups in total. The molecule has 1 amide bonds. The lowest BCUT2D eigenvalue weighted by atomic mass is 10.1. The maximum Gasteiger partial charge on any atom is 0.419 e. The van der Waals surface area contributed by atoms with E-state index < -0.39 is 28.4 Å². The lowest BCUT2D eigenvalue weighted by molar-refractivity contribution is -0.390. The van der Waals surface area contributed by atoms with E-state index in [2.05, 4.69) is 40.9 Å². The average molecular weight is 545 g/mol. The molecule has 4 rings (SSSR count). The number of fused-ring (bicyclic) bond motifs is 1. The zero-order valence-electron chi connectivity index (χ0n) is 20.0. The average Bonchev–Trinajstić information content (AvgIpc) is 3.25. The molecule has 0 aliphatic rings. The van der Waals surface area contributed by atoms with Crippen LogP contribution in [0.4, 0.5) is 40.7 Å². The van der Waals surface area contributed by atoms with E-state index >= 15 is 0 Å². The molecule has 0 radical (unpaired) electrons. The molecule has 0 aliphatic heterocycles. The number of hydrogen-bond acceptors (Lipinski definition) is 9. The van der Waals surface area contributed by atoms with Crippen LogP contribution in [0, 0.1) is 22.9 Å². The third-order valence-electron chi connectivity index (χ3n) is 5.19. The molecule has 0 spiro atoms. The Morgan fingerprint density at radius 2 is 2.00 bits per heavy atom. The molecule has 1 aromatic carbocycles. The van der Waals surface area contributed by atoms with Gasteiger partial charge < -0.3 is 31.0 Å². The molecule has 0 saturated carbocycles. The van der Waals surface area contributed by atoms with Gasteiger partial charge in [0.15, 0.2) is 0 Å². The number of carbonyl (C=O) groups is 1. The van der Waals surface area contributed by atoms with E-state index in [1.165, 1.54) is 30.7 Å². The van der Waals surface area contributed by atoms with E-state index in [4.69, 9.17) is 0 Å². The van der Waals surface area contributed by atoms with Gasteiger partial charge >= 0.3 is 12.0 Å². The van der Waals surface area contributed by atoms with Gasteiger partial charge in [-0.2, -0.15) is 13.2 Å². The number of H-pyrrole nitrogens is 1. The summed E-state index contributed by atoms with van der Waals surface area (Å²) < 4.78 is 52.8. The molecule has 0 aliphatic carbocycles. The standard InChI is InChI=1S/C23H19F4N9O3/c1-12-32-18(22(33-12)36(38)39)9-28-6-2-3-20(37)35-19-8-14-17(10-29-19)30-11-31-21(14)34-13-4-5-16(24)15(7-13)23(25,26)27/h2-5,7-8,10-11,28H,6,9H2,1H3,(H,32,33)(H,29,35,37)(H,30,31,34)/b3-2+. The molecule has 4 aromatic rings. The number of alkyl halides is 3. The minimum atomic E-state index is -4.88. The summed E-state index contributed by atoms with van der Waals surface area (Å²) in [4.78, 5) is 41.5. The van der Waals surface area contributed by atoms with Crippen LogP contribution in [0.2, 0.25) is 0 Å². The van der Waals surface area contributed by atoms with Crippen LogP contribution in [0.1, 0.15) is 17.1 Å². The van der Waals surface area contributed by atoms with Crippen molar-refractivity contribution in [3.05, 3.63) is 82.0 Å². The second-order valence-electron chi connectivity index (χ2n) is 8.03. The number of halogens is 4. The smallest absolute Gasteiger partial charge is 0.358 e. The summed E-state index contributed by atoms with van der Waals surface area (Å²) in [5, 5.41) is 19.5. The second-order valence-corrected chi connectivity index (χ2v) is 8.03. The highest BCUT2D eigenvalue weighted by Gasteiger charge is 2.34. The summed E-state index contributed by atoms with van der Waals surface area (Å²) in [5.41, 5.74) is -0.846. The van der Waals surface area contributed by atoms with Crippen LogP contribution in [-0.4, -0.2) is 42.3 Å². The van der Waals surface area contributed by atoms with E-state index in [0.29, 0.717) is 34.6 Å². The van der Waals surface area contributed by atoms with Gasteiger partial charge in [0.05, 0.1) is 17.3 Å². The first-order chi connectivity index (χ1) is 18.5. The third-order valence-corrected chi connectivity index (χ3v) is 5.19. The molecular weight excluding hydrogens is 526 g/mol. The summed E-state index contributed by atoms with van der Waals surface area (Å²) >= 11 is 0. The van der Waals surface area contributed by atoms with Crippen molar-refractivity contribution >= 4 is 40.0 Å². The Morgan fingerprint density at radius 1 is 1.21 bits per heavy atom. The van der Waals surface area contributed by atoms with Crippen LogP contribution in [0.25, 0.3) is 10.9 Å². The number of rotatable bonds is 9. The van der Waals surface area contributed by atoms with Gasteiger partial charge in [-0.1, -0.05) is 6.08 Å². The Kier molecular flexibility index (Phi) is 7.75. The summed E-state index contributed by atoms with van der Waals surface area (Å²) in [7, 11) is 0. The van der Waals surface area contributed by atoms with Crippen molar-refractivity contribution < 1.29 is 27.3 Å². The predicted octanol–water partition coefficient (Wildman–Crippen LogP) is 4.15. The van der Waals surface area contributed by atoms with E-state index in [0.717, 1.165) is 6.07 Å². The molecule has 0 bridgehead atoms. The van der Waals surface area contributed by atoms with E-state index in [1.807, 2.05) is 0 Å². The molecule has 202 valence electrons. The maximum absolute atomic E-state index is 13.6. The first kappa shape index (κ1) is 27.1. The van der Waals surface area contributed by atoms with Crippen molar-refractivity contribution in [3.63, 3.8) is 0 Å². The molecular formula is C23H19F4N9O3. The molecule has 3 aromatic heterocycles. The topological polar surface area (TPSA) is 164 Å². The van der Waals surface area contributed by atoms with Gasteiger partial charge in [-0.25, -0.2) is 19.3 Å². The van der Waals surface area contributed by atoms with Crippen molar-refractivity contribution in [2.24, 2.45) is 0 Å². The summed E-state index contributed by atoms with van der Waals surface area (Å²) in [6.45, 7) is 1.94. The zero-order valence-corrected chi connectivity index (χ0v) is 20.0. The normalized spacial score (nSPS) is 11.7. The lowest BCUT2D eigenvalue weighted by Gasteiger charge is -2.12. The number of pyridine rings is 1. The number of benzene rings is 1. The van der Waals surface area contributed by atoms with E-state index in [9.17, 15) is 32.5 Å². The van der Waals surface area contributed by atoms with Crippen LogP contribution in [-0.2, 0) is 17.5 Å². The highest BCUT2D eigenvalue weighted by molar-refractivity contribution is 6.00.